The first kappa shape index (κ1) is 26.6. The highest BCUT2D eigenvalue weighted by atomic mass is 35.5. The number of β-amino-alcohol motifs (C(OH)–C–C–N with tert-alkyl or cyclic N) is 1. The maximum absolute atomic E-state index is 12.6. The third kappa shape index (κ3) is 5.02. The van der Waals surface area contributed by atoms with Crippen molar-refractivity contribution in [1.82, 2.24) is 29.1 Å². The van der Waals surface area contributed by atoms with Gasteiger partial charge in [0.15, 0.2) is 0 Å². The summed E-state index contributed by atoms with van der Waals surface area (Å²) in [6.45, 7) is 4.98. The normalized spacial score (nSPS) is 17.3. The molecule has 11 heteroatoms. The number of nitrogens with zero attached hydrogens (tertiary/aromatic N) is 5. The van der Waals surface area contributed by atoms with E-state index < -0.39 is 12.2 Å². The van der Waals surface area contributed by atoms with Gasteiger partial charge in [-0.15, -0.1) is 0 Å². The highest BCUT2D eigenvalue weighted by Gasteiger charge is 2.30. The van der Waals surface area contributed by atoms with Gasteiger partial charge < -0.3 is 25.0 Å². The van der Waals surface area contributed by atoms with Crippen LogP contribution in [0.5, 0.6) is 0 Å². The monoisotopic (exact) mass is 564 g/mol. The summed E-state index contributed by atoms with van der Waals surface area (Å²) in [6, 6.07) is 13.6. The maximum atomic E-state index is 12.6. The summed E-state index contributed by atoms with van der Waals surface area (Å²) in [6.07, 6.45) is 0.607. The van der Waals surface area contributed by atoms with Gasteiger partial charge in [-0.1, -0.05) is 29.8 Å². The minimum Gasteiger partial charge on any atom is -0.465 e. The van der Waals surface area contributed by atoms with E-state index in [0.717, 1.165) is 65.0 Å². The number of halogens is 1. The molecule has 6 rings (SSSR count). The minimum atomic E-state index is -0.949. The van der Waals surface area contributed by atoms with Gasteiger partial charge in [-0.2, -0.15) is 5.10 Å². The zero-order chi connectivity index (χ0) is 28.0. The lowest BCUT2D eigenvalue weighted by atomic mass is 10.00. The Morgan fingerprint density at radius 2 is 1.93 bits per heavy atom. The molecule has 2 aromatic carbocycles. The van der Waals surface area contributed by atoms with Crippen molar-refractivity contribution in [1.29, 1.82) is 0 Å². The standard InChI is InChI=1S/C29H33ClN6O4/c1-18-14-19(6-7-23(18)30)27-22-17-34(29(39)40)13-10-25(22)35(32-27)16-21(37)15-33-11-8-20(9-12-33)36-26-5-3-2-4-24(26)31-28(36)38/h2-7,14,20-21,37H,8-13,15-17H2,1H3,(H,31,38)(H,39,40). The number of nitrogens with one attached hydrogen (secondary N) is 1. The van der Waals surface area contributed by atoms with E-state index in [1.54, 1.807) is 0 Å². The second-order valence-corrected chi connectivity index (χ2v) is 11.3. The summed E-state index contributed by atoms with van der Waals surface area (Å²) in [5, 5.41) is 26.3. The molecule has 0 aliphatic carbocycles. The number of hydrogen-bond donors (Lipinski definition) is 3. The number of fused-ring (bicyclic) bond motifs is 2. The zero-order valence-electron chi connectivity index (χ0n) is 22.4. The van der Waals surface area contributed by atoms with Crippen LogP contribution in [-0.2, 0) is 19.5 Å². The summed E-state index contributed by atoms with van der Waals surface area (Å²) < 4.78 is 3.73. The second kappa shape index (κ2) is 10.8. The van der Waals surface area contributed by atoms with Crippen LogP contribution in [0.25, 0.3) is 22.3 Å². The number of aliphatic hydroxyl groups excluding tert-OH is 1. The highest BCUT2D eigenvalue weighted by Crippen LogP contribution is 2.32. The summed E-state index contributed by atoms with van der Waals surface area (Å²) in [7, 11) is 0. The Labute approximate surface area is 236 Å². The Morgan fingerprint density at radius 1 is 1.15 bits per heavy atom. The van der Waals surface area contributed by atoms with Gasteiger partial charge in [0.25, 0.3) is 0 Å². The van der Waals surface area contributed by atoms with Gasteiger partial charge in [0, 0.05) is 60.5 Å². The lowest BCUT2D eigenvalue weighted by Crippen LogP contribution is -2.42. The molecule has 2 aliphatic heterocycles. The molecule has 40 heavy (non-hydrogen) atoms. The summed E-state index contributed by atoms with van der Waals surface area (Å²) in [5.41, 5.74) is 6.10. The predicted molar refractivity (Wildman–Crippen MR) is 153 cm³/mol. The van der Waals surface area contributed by atoms with Gasteiger partial charge in [0.1, 0.15) is 0 Å². The molecule has 4 aromatic rings. The number of rotatable bonds is 6. The van der Waals surface area contributed by atoms with Crippen molar-refractivity contribution in [2.75, 3.05) is 26.2 Å². The number of amides is 1. The van der Waals surface area contributed by atoms with Crippen molar-refractivity contribution in [3.8, 4) is 11.3 Å². The summed E-state index contributed by atoms with van der Waals surface area (Å²) >= 11 is 6.25. The number of carbonyl (C=O) groups is 1. The van der Waals surface area contributed by atoms with Crippen molar-refractivity contribution < 1.29 is 15.0 Å². The Kier molecular flexibility index (Phi) is 7.16. The van der Waals surface area contributed by atoms with Crippen LogP contribution in [0.2, 0.25) is 5.02 Å². The van der Waals surface area contributed by atoms with Crippen molar-refractivity contribution in [3.05, 3.63) is 74.8 Å². The number of H-pyrrole nitrogens is 1. The van der Waals surface area contributed by atoms with Gasteiger partial charge in [-0.3, -0.25) is 9.25 Å². The van der Waals surface area contributed by atoms with Crippen LogP contribution in [0, 0.1) is 6.92 Å². The van der Waals surface area contributed by atoms with Crippen LogP contribution in [0.15, 0.2) is 47.3 Å². The molecule has 0 spiro atoms. The van der Waals surface area contributed by atoms with Gasteiger partial charge in [0.2, 0.25) is 0 Å². The van der Waals surface area contributed by atoms with Crippen LogP contribution >= 0.6 is 11.6 Å². The Bertz CT molecular complexity index is 1620. The van der Waals surface area contributed by atoms with Crippen LogP contribution in [0.3, 0.4) is 0 Å². The number of aromatic nitrogens is 4. The van der Waals surface area contributed by atoms with Gasteiger partial charge >= 0.3 is 11.8 Å². The minimum absolute atomic E-state index is 0.0729. The lowest BCUT2D eigenvalue weighted by molar-refractivity contribution is 0.0760. The molecule has 3 N–H and O–H groups in total. The number of benzene rings is 2. The molecule has 4 heterocycles. The molecule has 210 valence electrons. The quantitative estimate of drug-likeness (QED) is 0.327. The van der Waals surface area contributed by atoms with E-state index in [1.807, 2.05) is 58.6 Å². The fourth-order valence-corrected chi connectivity index (χ4v) is 6.30. The fraction of sp³-hybridized carbons (Fsp3) is 0.414. The fourth-order valence-electron chi connectivity index (χ4n) is 6.18. The van der Waals surface area contributed by atoms with Crippen LogP contribution in [0.4, 0.5) is 4.79 Å². The van der Waals surface area contributed by atoms with E-state index in [0.29, 0.717) is 31.1 Å². The second-order valence-electron chi connectivity index (χ2n) is 10.9. The molecule has 2 aliphatic rings. The predicted octanol–water partition coefficient (Wildman–Crippen LogP) is 3.89. The average molecular weight is 565 g/mol. The summed E-state index contributed by atoms with van der Waals surface area (Å²) in [5.74, 6) is 0. The number of para-hydroxylation sites is 2. The molecule has 10 nitrogen and oxygen atoms in total. The van der Waals surface area contributed by atoms with E-state index in [4.69, 9.17) is 16.7 Å². The molecule has 0 saturated carbocycles. The maximum Gasteiger partial charge on any atom is 0.407 e. The van der Waals surface area contributed by atoms with Crippen molar-refractivity contribution >= 4 is 28.7 Å². The highest BCUT2D eigenvalue weighted by molar-refractivity contribution is 6.31. The number of imidazole rings is 1. The molecular weight excluding hydrogens is 532 g/mol. The third-order valence-electron chi connectivity index (χ3n) is 8.23. The topological polar surface area (TPSA) is 120 Å². The van der Waals surface area contributed by atoms with E-state index >= 15 is 0 Å². The molecular formula is C29H33ClN6O4. The number of piperidine rings is 1. The number of aromatic amines is 1. The van der Waals surface area contributed by atoms with Crippen LogP contribution in [0.1, 0.15) is 35.7 Å². The molecule has 1 saturated heterocycles. The molecule has 0 bridgehead atoms. The van der Waals surface area contributed by atoms with Crippen molar-refractivity contribution in [3.63, 3.8) is 0 Å². The van der Waals surface area contributed by atoms with E-state index in [9.17, 15) is 19.8 Å². The SMILES string of the molecule is Cc1cc(-c2nn(CC(O)CN3CCC(n4c(=O)[nH]c5ccccc54)CC3)c3c2CN(C(=O)O)CC3)ccc1Cl. The van der Waals surface area contributed by atoms with E-state index in [1.165, 1.54) is 4.90 Å². The number of likely N-dealkylation sites (tertiary alicyclic amines) is 1. The lowest BCUT2D eigenvalue weighted by Gasteiger charge is -2.33. The zero-order valence-corrected chi connectivity index (χ0v) is 23.1. The van der Waals surface area contributed by atoms with Gasteiger partial charge in [-0.25, -0.2) is 9.59 Å². The number of hydrogen-bond acceptors (Lipinski definition) is 5. The Balaban J connectivity index is 1.16. The Hall–Kier alpha value is -3.60. The summed E-state index contributed by atoms with van der Waals surface area (Å²) in [4.78, 5) is 30.9. The largest absolute Gasteiger partial charge is 0.465 e. The van der Waals surface area contributed by atoms with Crippen molar-refractivity contribution in [2.45, 2.75) is 51.4 Å². The molecule has 1 amide bonds. The van der Waals surface area contributed by atoms with Crippen LogP contribution < -0.4 is 5.69 Å². The van der Waals surface area contributed by atoms with E-state index in [2.05, 4.69) is 9.88 Å². The van der Waals surface area contributed by atoms with E-state index in [-0.39, 0.29) is 18.3 Å². The first-order valence-electron chi connectivity index (χ1n) is 13.7. The molecule has 1 atom stereocenters. The molecule has 1 unspecified atom stereocenters. The average Bonchev–Trinajstić information content (AvgIpc) is 3.47. The number of carboxylic acid groups (broad SMARTS) is 1. The van der Waals surface area contributed by atoms with Crippen LogP contribution in [-0.4, -0.2) is 77.7 Å². The first-order valence-corrected chi connectivity index (χ1v) is 14.1. The van der Waals surface area contributed by atoms with Crippen molar-refractivity contribution in [2.24, 2.45) is 0 Å². The third-order valence-corrected chi connectivity index (χ3v) is 8.66. The van der Waals surface area contributed by atoms with Gasteiger partial charge in [0.05, 0.1) is 35.9 Å². The number of aliphatic hydroxyl groups is 1. The Morgan fingerprint density at radius 3 is 2.67 bits per heavy atom. The smallest absolute Gasteiger partial charge is 0.407 e. The molecule has 0 radical (unpaired) electrons. The first-order chi connectivity index (χ1) is 19.3. The molecule has 2 aromatic heterocycles. The number of aryl methyl sites for hydroxylation is 1. The van der Waals surface area contributed by atoms with Gasteiger partial charge in [-0.05, 0) is 49.6 Å². The molecule has 1 fully saturated rings.